The van der Waals surface area contributed by atoms with E-state index in [0.717, 1.165) is 4.57 Å². The lowest BCUT2D eigenvalue weighted by molar-refractivity contribution is -0.141. The van der Waals surface area contributed by atoms with Crippen molar-refractivity contribution in [1.29, 1.82) is 0 Å². The van der Waals surface area contributed by atoms with E-state index in [2.05, 4.69) is 0 Å². The lowest BCUT2D eigenvalue weighted by Gasteiger charge is -2.13. The van der Waals surface area contributed by atoms with E-state index in [1.165, 1.54) is 12.1 Å². The number of carbonyl (C=O) groups is 1. The van der Waals surface area contributed by atoms with Gasteiger partial charge in [-0.05, 0) is 6.42 Å². The van der Waals surface area contributed by atoms with Crippen LogP contribution in [0.15, 0.2) is 12.1 Å². The first-order valence-corrected chi connectivity index (χ1v) is 3.90. The molecule has 1 aromatic rings. The van der Waals surface area contributed by atoms with Gasteiger partial charge in [-0.2, -0.15) is 0 Å². The minimum atomic E-state index is -1.08. The number of aliphatic carboxylic acids is 1. The maximum Gasteiger partial charge on any atom is 0.326 e. The number of aromatic hydroxyl groups is 2. The Labute approximate surface area is 74.9 Å². The van der Waals surface area contributed by atoms with Gasteiger partial charge in [0.15, 0.2) is 11.8 Å². The van der Waals surface area contributed by atoms with Gasteiger partial charge in [-0.25, -0.2) is 4.79 Å². The van der Waals surface area contributed by atoms with Crippen LogP contribution in [0.3, 0.4) is 0 Å². The number of hydrogen-bond donors (Lipinski definition) is 3. The molecule has 0 aliphatic rings. The van der Waals surface area contributed by atoms with Gasteiger partial charge < -0.3 is 15.3 Å². The van der Waals surface area contributed by atoms with Crippen molar-refractivity contribution >= 4 is 5.97 Å². The van der Waals surface area contributed by atoms with Gasteiger partial charge in [-0.3, -0.25) is 4.57 Å². The van der Waals surface area contributed by atoms with Crippen molar-refractivity contribution in [3.8, 4) is 11.8 Å². The van der Waals surface area contributed by atoms with E-state index in [0.29, 0.717) is 6.42 Å². The number of rotatable bonds is 3. The fraction of sp³-hybridized carbons (Fsp3) is 0.375. The van der Waals surface area contributed by atoms with Crippen LogP contribution in [-0.4, -0.2) is 25.9 Å². The van der Waals surface area contributed by atoms with Crippen LogP contribution < -0.4 is 0 Å². The molecule has 1 heterocycles. The number of nitrogens with zero attached hydrogens (tertiary/aromatic N) is 1. The fourth-order valence-corrected chi connectivity index (χ4v) is 1.21. The van der Waals surface area contributed by atoms with Gasteiger partial charge in [0.1, 0.15) is 6.04 Å². The second-order valence-corrected chi connectivity index (χ2v) is 2.68. The Balaban J connectivity index is 3.10. The molecule has 13 heavy (non-hydrogen) atoms. The lowest BCUT2D eigenvalue weighted by Crippen LogP contribution is -2.17. The molecule has 0 saturated carbocycles. The molecule has 0 fully saturated rings. The monoisotopic (exact) mass is 185 g/mol. The summed E-state index contributed by atoms with van der Waals surface area (Å²) >= 11 is 0. The van der Waals surface area contributed by atoms with Crippen LogP contribution in [0.1, 0.15) is 19.4 Å². The van der Waals surface area contributed by atoms with Crippen molar-refractivity contribution in [3.63, 3.8) is 0 Å². The van der Waals surface area contributed by atoms with E-state index >= 15 is 0 Å². The Morgan fingerprint density at radius 3 is 2.23 bits per heavy atom. The molecule has 5 nitrogen and oxygen atoms in total. The van der Waals surface area contributed by atoms with E-state index in [-0.39, 0.29) is 11.8 Å². The third-order valence-corrected chi connectivity index (χ3v) is 1.86. The maximum absolute atomic E-state index is 10.7. The van der Waals surface area contributed by atoms with E-state index in [1.807, 2.05) is 0 Å². The van der Waals surface area contributed by atoms with E-state index in [9.17, 15) is 15.0 Å². The molecule has 1 rings (SSSR count). The molecular formula is C8H11NO4. The summed E-state index contributed by atoms with van der Waals surface area (Å²) in [5.74, 6) is -1.57. The number of carboxylic acid groups (broad SMARTS) is 1. The molecule has 1 atom stereocenters. The van der Waals surface area contributed by atoms with E-state index in [4.69, 9.17) is 5.11 Å². The van der Waals surface area contributed by atoms with E-state index in [1.54, 1.807) is 6.92 Å². The molecule has 3 N–H and O–H groups in total. The summed E-state index contributed by atoms with van der Waals surface area (Å²) in [6, 6.07) is 1.58. The highest BCUT2D eigenvalue weighted by Gasteiger charge is 2.22. The minimum Gasteiger partial charge on any atom is -0.494 e. The quantitative estimate of drug-likeness (QED) is 0.654. The molecular weight excluding hydrogens is 174 g/mol. The summed E-state index contributed by atoms with van der Waals surface area (Å²) in [5.41, 5.74) is 0. The third kappa shape index (κ3) is 1.58. The van der Waals surface area contributed by atoms with Crippen molar-refractivity contribution in [2.45, 2.75) is 19.4 Å². The zero-order valence-corrected chi connectivity index (χ0v) is 7.14. The SMILES string of the molecule is CCC(C(=O)O)n1c(O)ccc1O. The van der Waals surface area contributed by atoms with Crippen molar-refractivity contribution < 1.29 is 20.1 Å². The lowest BCUT2D eigenvalue weighted by atomic mass is 10.2. The topological polar surface area (TPSA) is 82.7 Å². The molecule has 0 bridgehead atoms. The normalized spacial score (nSPS) is 12.7. The predicted molar refractivity (Wildman–Crippen MR) is 44.7 cm³/mol. The van der Waals surface area contributed by atoms with Gasteiger partial charge in [0, 0.05) is 12.1 Å². The average Bonchev–Trinajstić information content (AvgIpc) is 2.36. The molecule has 1 unspecified atom stereocenters. The summed E-state index contributed by atoms with van der Waals surface area (Å²) in [7, 11) is 0. The number of aromatic nitrogens is 1. The first-order chi connectivity index (χ1) is 6.07. The Kier molecular flexibility index (Phi) is 2.46. The Morgan fingerprint density at radius 1 is 1.46 bits per heavy atom. The number of carboxylic acids is 1. The predicted octanol–water partition coefficient (Wildman–Crippen LogP) is 0.935. The fourth-order valence-electron chi connectivity index (χ4n) is 1.21. The smallest absolute Gasteiger partial charge is 0.326 e. The Hall–Kier alpha value is -1.65. The van der Waals surface area contributed by atoms with Gasteiger partial charge in [0.25, 0.3) is 0 Å². The van der Waals surface area contributed by atoms with Crippen molar-refractivity contribution in [2.24, 2.45) is 0 Å². The van der Waals surface area contributed by atoms with Crippen LogP contribution in [0.25, 0.3) is 0 Å². The average molecular weight is 185 g/mol. The van der Waals surface area contributed by atoms with E-state index < -0.39 is 12.0 Å². The first-order valence-electron chi connectivity index (χ1n) is 3.90. The molecule has 0 spiro atoms. The molecule has 0 aliphatic carbocycles. The zero-order chi connectivity index (χ0) is 10.0. The summed E-state index contributed by atoms with van der Waals surface area (Å²) in [5, 5.41) is 27.2. The van der Waals surface area contributed by atoms with Gasteiger partial charge in [0.05, 0.1) is 0 Å². The molecule has 1 aromatic heterocycles. The second-order valence-electron chi connectivity index (χ2n) is 2.68. The summed E-state index contributed by atoms with van der Waals surface area (Å²) in [6.07, 6.45) is 0.297. The Morgan fingerprint density at radius 2 is 1.92 bits per heavy atom. The molecule has 72 valence electrons. The van der Waals surface area contributed by atoms with Gasteiger partial charge >= 0.3 is 5.97 Å². The van der Waals surface area contributed by atoms with Crippen LogP contribution in [0.5, 0.6) is 11.8 Å². The maximum atomic E-state index is 10.7. The molecule has 0 saturated heterocycles. The third-order valence-electron chi connectivity index (χ3n) is 1.86. The molecule has 5 heteroatoms. The highest BCUT2D eigenvalue weighted by molar-refractivity contribution is 5.72. The standard InChI is InChI=1S/C8H11NO4/c1-2-5(8(12)13)9-6(10)3-4-7(9)11/h3-5,10-11H,2H2,1H3,(H,12,13). The summed E-state index contributed by atoms with van der Waals surface area (Å²) in [4.78, 5) is 10.7. The van der Waals surface area contributed by atoms with Crippen LogP contribution in [0.4, 0.5) is 0 Å². The summed E-state index contributed by atoms with van der Waals surface area (Å²) < 4.78 is 0.975. The largest absolute Gasteiger partial charge is 0.494 e. The zero-order valence-electron chi connectivity index (χ0n) is 7.14. The van der Waals surface area contributed by atoms with Crippen molar-refractivity contribution in [1.82, 2.24) is 4.57 Å². The molecule has 0 aromatic carbocycles. The number of hydrogen-bond acceptors (Lipinski definition) is 3. The van der Waals surface area contributed by atoms with Crippen LogP contribution in [0, 0.1) is 0 Å². The van der Waals surface area contributed by atoms with Gasteiger partial charge in [-0.1, -0.05) is 6.92 Å². The second kappa shape index (κ2) is 3.38. The first kappa shape index (κ1) is 9.44. The molecule has 0 amide bonds. The minimum absolute atomic E-state index is 0.244. The van der Waals surface area contributed by atoms with Crippen molar-refractivity contribution in [3.05, 3.63) is 12.1 Å². The van der Waals surface area contributed by atoms with Crippen molar-refractivity contribution in [2.75, 3.05) is 0 Å². The highest BCUT2D eigenvalue weighted by Crippen LogP contribution is 2.28. The highest BCUT2D eigenvalue weighted by atomic mass is 16.4. The van der Waals surface area contributed by atoms with Crippen LogP contribution >= 0.6 is 0 Å². The molecule has 0 aliphatic heterocycles. The van der Waals surface area contributed by atoms with Gasteiger partial charge in [-0.15, -0.1) is 0 Å². The van der Waals surface area contributed by atoms with Crippen LogP contribution in [-0.2, 0) is 4.79 Å². The van der Waals surface area contributed by atoms with Crippen LogP contribution in [0.2, 0.25) is 0 Å². The van der Waals surface area contributed by atoms with Gasteiger partial charge in [0.2, 0.25) is 0 Å². The summed E-state index contributed by atoms with van der Waals surface area (Å²) in [6.45, 7) is 1.66. The Bertz CT molecular complexity index is 298. The molecule has 0 radical (unpaired) electrons.